The minimum atomic E-state index is -1.04. The zero-order chi connectivity index (χ0) is 29.4. The Balaban J connectivity index is 1.88. The number of ether oxygens (including phenoxy) is 2. The molecule has 0 radical (unpaired) electrons. The van der Waals surface area contributed by atoms with Gasteiger partial charge in [-0.2, -0.15) is 0 Å². The van der Waals surface area contributed by atoms with Crippen LogP contribution in [-0.2, 0) is 38.5 Å². The Morgan fingerprint density at radius 1 is 0.800 bits per heavy atom. The Morgan fingerprint density at radius 3 is 1.95 bits per heavy atom. The van der Waals surface area contributed by atoms with E-state index in [0.29, 0.717) is 20.1 Å². The van der Waals surface area contributed by atoms with Crippen LogP contribution in [0, 0.1) is 0 Å². The van der Waals surface area contributed by atoms with Crippen LogP contribution in [0.2, 0.25) is 0 Å². The summed E-state index contributed by atoms with van der Waals surface area (Å²) in [5.74, 6) is -1.09. The lowest BCUT2D eigenvalue weighted by Gasteiger charge is -2.33. The predicted molar refractivity (Wildman–Crippen MR) is 156 cm³/mol. The first-order valence-electron chi connectivity index (χ1n) is 12.2. The van der Waals surface area contributed by atoms with E-state index < -0.39 is 30.1 Å². The molecule has 0 saturated heterocycles. The third kappa shape index (κ3) is 7.98. The number of carbonyl (C=O) groups excluding carboxylic acids is 3. The topological polar surface area (TPSA) is 117 Å². The zero-order valence-electron chi connectivity index (χ0n) is 22.2. The maximum Gasteiger partial charge on any atom is 0.410 e. The molecular formula is C29H30Br2N2O7. The largest absolute Gasteiger partial charge is 0.508 e. The number of hydrogen-bond acceptors (Lipinski definition) is 7. The van der Waals surface area contributed by atoms with E-state index in [2.05, 4.69) is 31.9 Å². The van der Waals surface area contributed by atoms with Crippen molar-refractivity contribution < 1.29 is 34.1 Å². The minimum absolute atomic E-state index is 0.00685. The summed E-state index contributed by atoms with van der Waals surface area (Å²) in [6.07, 6.45) is -0.527. The van der Waals surface area contributed by atoms with Gasteiger partial charge < -0.3 is 24.6 Å². The second kappa shape index (κ2) is 14.2. The number of amides is 2. The van der Waals surface area contributed by atoms with Gasteiger partial charge in [0.2, 0.25) is 5.91 Å². The van der Waals surface area contributed by atoms with Gasteiger partial charge in [-0.05, 0) is 72.8 Å². The maximum absolute atomic E-state index is 13.9. The van der Waals surface area contributed by atoms with Crippen LogP contribution >= 0.6 is 31.9 Å². The molecule has 40 heavy (non-hydrogen) atoms. The Kier molecular flexibility index (Phi) is 11.0. The number of benzene rings is 3. The second-order valence-electron chi connectivity index (χ2n) is 9.14. The van der Waals surface area contributed by atoms with E-state index in [1.54, 1.807) is 24.3 Å². The molecule has 0 aliphatic rings. The first kappa shape index (κ1) is 31.0. The lowest BCUT2D eigenvalue weighted by atomic mass is 10.0. The van der Waals surface area contributed by atoms with Crippen LogP contribution < -0.4 is 0 Å². The van der Waals surface area contributed by atoms with Crippen molar-refractivity contribution in [2.24, 2.45) is 0 Å². The first-order valence-corrected chi connectivity index (χ1v) is 13.8. The molecule has 2 amide bonds. The third-order valence-corrected chi connectivity index (χ3v) is 7.61. The second-order valence-corrected chi connectivity index (χ2v) is 10.8. The van der Waals surface area contributed by atoms with Crippen molar-refractivity contribution in [1.82, 2.24) is 9.80 Å². The van der Waals surface area contributed by atoms with Gasteiger partial charge in [0.25, 0.3) is 0 Å². The summed E-state index contributed by atoms with van der Waals surface area (Å²) < 4.78 is 11.3. The standard InChI is InChI=1S/C29H30Br2N2O7/c1-32(25(28(37)39-3)16-20-13-22(30)26(35)23(31)14-20)27(36)24(15-18-9-11-21(34)12-10-18)33(2)29(38)40-17-19-7-5-4-6-8-19/h4-14,24-25,34-35H,15-17H2,1-3H3/t24-,25+/m1/s1. The zero-order valence-corrected chi connectivity index (χ0v) is 25.4. The third-order valence-electron chi connectivity index (χ3n) is 6.41. The molecule has 2 N–H and O–H groups in total. The Bertz CT molecular complexity index is 1310. The molecule has 212 valence electrons. The first-order chi connectivity index (χ1) is 19.0. The van der Waals surface area contributed by atoms with Gasteiger partial charge in [0.05, 0.1) is 16.1 Å². The van der Waals surface area contributed by atoms with E-state index in [-0.39, 0.29) is 30.9 Å². The molecule has 0 aliphatic carbocycles. The molecular weight excluding hydrogens is 648 g/mol. The normalized spacial score (nSPS) is 12.2. The van der Waals surface area contributed by atoms with Gasteiger partial charge in [-0.15, -0.1) is 0 Å². The number of methoxy groups -OCH3 is 1. The summed E-state index contributed by atoms with van der Waals surface area (Å²) in [5.41, 5.74) is 2.13. The lowest BCUT2D eigenvalue weighted by Crippen LogP contribution is -2.54. The van der Waals surface area contributed by atoms with Gasteiger partial charge in [0.15, 0.2) is 0 Å². The molecule has 11 heteroatoms. The van der Waals surface area contributed by atoms with E-state index in [9.17, 15) is 24.6 Å². The quantitative estimate of drug-likeness (QED) is 0.289. The van der Waals surface area contributed by atoms with E-state index in [4.69, 9.17) is 9.47 Å². The van der Waals surface area contributed by atoms with Crippen molar-refractivity contribution in [3.63, 3.8) is 0 Å². The summed E-state index contributed by atoms with van der Waals surface area (Å²) in [7, 11) is 4.17. The predicted octanol–water partition coefficient (Wildman–Crippen LogP) is 5.05. The Morgan fingerprint density at radius 2 is 1.38 bits per heavy atom. The van der Waals surface area contributed by atoms with Gasteiger partial charge >= 0.3 is 12.1 Å². The fraction of sp³-hybridized carbons (Fsp3) is 0.276. The molecule has 3 aromatic carbocycles. The van der Waals surface area contributed by atoms with Gasteiger partial charge in [0.1, 0.15) is 30.2 Å². The van der Waals surface area contributed by atoms with Crippen molar-refractivity contribution in [3.05, 3.63) is 92.4 Å². The number of likely N-dealkylation sites (N-methyl/N-ethyl adjacent to an activating group) is 2. The van der Waals surface area contributed by atoms with Crippen LogP contribution in [0.4, 0.5) is 4.79 Å². The minimum Gasteiger partial charge on any atom is -0.508 e. The van der Waals surface area contributed by atoms with Crippen molar-refractivity contribution in [1.29, 1.82) is 0 Å². The fourth-order valence-corrected chi connectivity index (χ4v) is 5.34. The van der Waals surface area contributed by atoms with Crippen molar-refractivity contribution in [2.45, 2.75) is 31.5 Å². The summed E-state index contributed by atoms with van der Waals surface area (Å²) >= 11 is 6.57. The number of halogens is 2. The van der Waals surface area contributed by atoms with E-state index in [1.165, 1.54) is 43.1 Å². The average Bonchev–Trinajstić information content (AvgIpc) is 2.96. The van der Waals surface area contributed by atoms with Crippen LogP contribution in [-0.4, -0.2) is 71.3 Å². The van der Waals surface area contributed by atoms with E-state index >= 15 is 0 Å². The molecule has 3 rings (SSSR count). The highest BCUT2D eigenvalue weighted by Gasteiger charge is 2.36. The van der Waals surface area contributed by atoms with Gasteiger partial charge in [-0.3, -0.25) is 9.69 Å². The van der Waals surface area contributed by atoms with E-state index in [0.717, 1.165) is 5.56 Å². The Hall–Kier alpha value is -3.57. The van der Waals surface area contributed by atoms with Crippen LogP contribution in [0.25, 0.3) is 0 Å². The number of carbonyl (C=O) groups is 3. The number of phenols is 2. The van der Waals surface area contributed by atoms with Crippen LogP contribution in [0.15, 0.2) is 75.7 Å². The van der Waals surface area contributed by atoms with Crippen LogP contribution in [0.3, 0.4) is 0 Å². The van der Waals surface area contributed by atoms with E-state index in [1.807, 2.05) is 30.3 Å². The number of phenolic OH excluding ortho intramolecular Hbond substituents is 2. The molecule has 2 atom stereocenters. The monoisotopic (exact) mass is 676 g/mol. The summed E-state index contributed by atoms with van der Waals surface area (Å²) in [6.45, 7) is 0.0232. The molecule has 0 bridgehead atoms. The summed E-state index contributed by atoms with van der Waals surface area (Å²) in [6, 6.07) is 16.7. The van der Waals surface area contributed by atoms with Gasteiger partial charge in [0, 0.05) is 26.9 Å². The summed E-state index contributed by atoms with van der Waals surface area (Å²) in [4.78, 5) is 42.3. The molecule has 3 aromatic rings. The molecule has 9 nitrogen and oxygen atoms in total. The van der Waals surface area contributed by atoms with Crippen LogP contribution in [0.1, 0.15) is 16.7 Å². The highest BCUT2D eigenvalue weighted by molar-refractivity contribution is 9.11. The van der Waals surface area contributed by atoms with Crippen molar-refractivity contribution in [2.75, 3.05) is 21.2 Å². The van der Waals surface area contributed by atoms with Gasteiger partial charge in [-0.25, -0.2) is 9.59 Å². The molecule has 0 aliphatic heterocycles. The Labute approximate surface area is 249 Å². The molecule has 0 heterocycles. The number of rotatable bonds is 10. The number of esters is 1. The molecule has 0 saturated carbocycles. The molecule has 0 unspecified atom stereocenters. The average molecular weight is 678 g/mol. The number of aromatic hydroxyl groups is 2. The number of nitrogens with zero attached hydrogens (tertiary/aromatic N) is 2. The van der Waals surface area contributed by atoms with Crippen molar-refractivity contribution >= 4 is 49.8 Å². The smallest absolute Gasteiger partial charge is 0.410 e. The fourth-order valence-electron chi connectivity index (χ4n) is 4.06. The molecule has 0 fully saturated rings. The summed E-state index contributed by atoms with van der Waals surface area (Å²) in [5, 5.41) is 19.8. The SMILES string of the molecule is COC(=O)[C@H](Cc1cc(Br)c(O)c(Br)c1)N(C)C(=O)[C@@H](Cc1ccc(O)cc1)N(C)C(=O)OCc1ccccc1. The van der Waals surface area contributed by atoms with Crippen molar-refractivity contribution in [3.8, 4) is 11.5 Å². The highest BCUT2D eigenvalue weighted by Crippen LogP contribution is 2.34. The van der Waals surface area contributed by atoms with Gasteiger partial charge in [-0.1, -0.05) is 42.5 Å². The highest BCUT2D eigenvalue weighted by atomic mass is 79.9. The number of hydrogen-bond donors (Lipinski definition) is 2. The molecule has 0 aromatic heterocycles. The lowest BCUT2D eigenvalue weighted by molar-refractivity contribution is -0.153. The van der Waals surface area contributed by atoms with Crippen LogP contribution in [0.5, 0.6) is 11.5 Å². The molecule has 0 spiro atoms. The maximum atomic E-state index is 13.9.